The van der Waals surface area contributed by atoms with E-state index in [2.05, 4.69) is 31.5 Å². The molecule has 0 atom stereocenters. The van der Waals surface area contributed by atoms with Crippen LogP contribution in [0, 0.1) is 5.82 Å². The Morgan fingerprint density at radius 2 is 1.52 bits per heavy atom. The van der Waals surface area contributed by atoms with E-state index in [1.54, 1.807) is 12.1 Å². The average Bonchev–Trinajstić information content (AvgIpc) is 2.62. The summed E-state index contributed by atoms with van der Waals surface area (Å²) in [6.45, 7) is -0.127. The zero-order chi connectivity index (χ0) is 19.9. The Morgan fingerprint density at radius 1 is 0.926 bits per heavy atom. The van der Waals surface area contributed by atoms with Gasteiger partial charge in [0.1, 0.15) is 5.82 Å². The number of nitrogens with one attached hydrogen (secondary N) is 3. The van der Waals surface area contributed by atoms with Crippen LogP contribution in [0.5, 0.6) is 0 Å². The molecule has 0 aliphatic carbocycles. The highest BCUT2D eigenvalue weighted by molar-refractivity contribution is 9.10. The number of hydrogen-bond donors (Lipinski definition) is 3. The summed E-state index contributed by atoms with van der Waals surface area (Å²) in [5.41, 5.74) is 5.00. The van der Waals surface area contributed by atoms with Crippen LogP contribution in [0.25, 0.3) is 0 Å². The second-order valence-electron chi connectivity index (χ2n) is 5.50. The van der Waals surface area contributed by atoms with Gasteiger partial charge < -0.3 is 0 Å². The summed E-state index contributed by atoms with van der Waals surface area (Å²) in [5, 5.41) is 0. The van der Waals surface area contributed by atoms with Crippen LogP contribution in [-0.4, -0.2) is 26.8 Å². The standard InChI is InChI=1S/C17H17BrFN3O4S/c18-13-3-7-15(8-4-13)27(25,26)20-10-9-16(23)21-22-17(24)11-12-1-5-14(19)6-2-12/h1-8,20H,9-11H2,(H,21,23)(H,22,24). The first-order valence-electron chi connectivity index (χ1n) is 7.83. The zero-order valence-corrected chi connectivity index (χ0v) is 16.4. The maximum atomic E-state index is 12.8. The van der Waals surface area contributed by atoms with Crippen LogP contribution in [0.15, 0.2) is 57.9 Å². The molecule has 3 N–H and O–H groups in total. The molecule has 10 heteroatoms. The van der Waals surface area contributed by atoms with Crippen molar-refractivity contribution in [2.45, 2.75) is 17.7 Å². The van der Waals surface area contributed by atoms with Gasteiger partial charge >= 0.3 is 0 Å². The Kier molecular flexibility index (Phi) is 7.45. The molecule has 0 saturated carbocycles. The predicted molar refractivity (Wildman–Crippen MR) is 100 cm³/mol. The largest absolute Gasteiger partial charge is 0.273 e. The van der Waals surface area contributed by atoms with E-state index in [9.17, 15) is 22.4 Å². The van der Waals surface area contributed by atoms with E-state index in [-0.39, 0.29) is 24.3 Å². The van der Waals surface area contributed by atoms with Gasteiger partial charge in [0.05, 0.1) is 11.3 Å². The lowest BCUT2D eigenvalue weighted by Crippen LogP contribution is -2.43. The van der Waals surface area contributed by atoms with Crippen molar-refractivity contribution in [1.82, 2.24) is 15.6 Å². The third kappa shape index (κ3) is 7.08. The minimum Gasteiger partial charge on any atom is -0.273 e. The summed E-state index contributed by atoms with van der Waals surface area (Å²) in [6, 6.07) is 11.5. The fraction of sp³-hybridized carbons (Fsp3) is 0.176. The average molecular weight is 458 g/mol. The molecular weight excluding hydrogens is 441 g/mol. The van der Waals surface area contributed by atoms with Crippen LogP contribution in [0.2, 0.25) is 0 Å². The van der Waals surface area contributed by atoms with Gasteiger partial charge in [-0.15, -0.1) is 0 Å². The lowest BCUT2D eigenvalue weighted by atomic mass is 10.1. The van der Waals surface area contributed by atoms with Gasteiger partial charge in [-0.25, -0.2) is 17.5 Å². The normalized spacial score (nSPS) is 11.0. The van der Waals surface area contributed by atoms with E-state index in [4.69, 9.17) is 0 Å². The molecular formula is C17H17BrFN3O4S. The van der Waals surface area contributed by atoms with Crippen LogP contribution in [0.3, 0.4) is 0 Å². The SMILES string of the molecule is O=C(CCNS(=O)(=O)c1ccc(Br)cc1)NNC(=O)Cc1ccc(F)cc1. The molecule has 0 heterocycles. The van der Waals surface area contributed by atoms with Crippen LogP contribution >= 0.6 is 15.9 Å². The third-order valence-corrected chi connectivity index (χ3v) is 5.39. The number of benzene rings is 2. The molecule has 2 aromatic carbocycles. The van der Waals surface area contributed by atoms with Gasteiger partial charge in [-0.3, -0.25) is 20.4 Å². The first kappa shape index (κ1) is 21.0. The van der Waals surface area contributed by atoms with Crippen LogP contribution < -0.4 is 15.6 Å². The minimum absolute atomic E-state index is 0.0310. The van der Waals surface area contributed by atoms with E-state index in [0.717, 1.165) is 4.47 Å². The van der Waals surface area contributed by atoms with Gasteiger partial charge in [-0.2, -0.15) is 0 Å². The predicted octanol–water partition coefficient (Wildman–Crippen LogP) is 1.65. The Hall–Kier alpha value is -2.30. The number of amides is 2. The van der Waals surface area contributed by atoms with Crippen molar-refractivity contribution in [2.24, 2.45) is 0 Å². The van der Waals surface area contributed by atoms with Crippen molar-refractivity contribution < 1.29 is 22.4 Å². The molecule has 0 saturated heterocycles. The molecule has 2 rings (SSSR count). The molecule has 0 aliphatic rings. The van der Waals surface area contributed by atoms with Gasteiger partial charge in [-0.05, 0) is 42.0 Å². The summed E-state index contributed by atoms with van der Waals surface area (Å²) in [6.07, 6.45) is -0.191. The van der Waals surface area contributed by atoms with Gasteiger partial charge in [0, 0.05) is 17.4 Å². The van der Waals surface area contributed by atoms with Crippen LogP contribution in [0.4, 0.5) is 4.39 Å². The molecule has 0 unspecified atom stereocenters. The molecule has 0 radical (unpaired) electrons. The summed E-state index contributed by atoms with van der Waals surface area (Å²) >= 11 is 3.22. The lowest BCUT2D eigenvalue weighted by Gasteiger charge is -2.09. The number of sulfonamides is 1. The molecule has 0 aromatic heterocycles. The summed E-state index contributed by atoms with van der Waals surface area (Å²) in [7, 11) is -3.72. The van der Waals surface area contributed by atoms with E-state index >= 15 is 0 Å². The molecule has 0 bridgehead atoms. The Labute approximate surface area is 164 Å². The number of rotatable bonds is 7. The van der Waals surface area contributed by atoms with Gasteiger partial charge in [0.25, 0.3) is 0 Å². The third-order valence-electron chi connectivity index (χ3n) is 3.39. The first-order chi connectivity index (χ1) is 12.8. The van der Waals surface area contributed by atoms with Crippen molar-refractivity contribution in [1.29, 1.82) is 0 Å². The Morgan fingerprint density at radius 3 is 2.15 bits per heavy atom. The van der Waals surface area contributed by atoms with Crippen LogP contribution in [0.1, 0.15) is 12.0 Å². The number of hydrogen-bond acceptors (Lipinski definition) is 4. The van der Waals surface area contributed by atoms with Gasteiger partial charge in [0.15, 0.2) is 0 Å². The topological polar surface area (TPSA) is 104 Å². The maximum Gasteiger partial charge on any atom is 0.242 e. The van der Waals surface area contributed by atoms with E-state index in [0.29, 0.717) is 5.56 Å². The van der Waals surface area contributed by atoms with E-state index < -0.39 is 27.7 Å². The Balaban J connectivity index is 1.72. The summed E-state index contributed by atoms with van der Waals surface area (Å²) in [4.78, 5) is 23.5. The van der Waals surface area contributed by atoms with Crippen molar-refractivity contribution in [2.75, 3.05) is 6.54 Å². The molecule has 27 heavy (non-hydrogen) atoms. The van der Waals surface area contributed by atoms with Crippen LogP contribution in [-0.2, 0) is 26.0 Å². The Bertz CT molecular complexity index is 903. The second kappa shape index (κ2) is 9.58. The molecule has 2 aromatic rings. The highest BCUT2D eigenvalue weighted by Crippen LogP contribution is 2.14. The molecule has 144 valence electrons. The number of carbonyl (C=O) groups excluding carboxylic acids is 2. The molecule has 0 fully saturated rings. The highest BCUT2D eigenvalue weighted by Gasteiger charge is 2.14. The van der Waals surface area contributed by atoms with Gasteiger partial charge in [-0.1, -0.05) is 28.1 Å². The fourth-order valence-corrected chi connectivity index (χ4v) is 3.33. The number of carbonyl (C=O) groups is 2. The molecule has 0 spiro atoms. The zero-order valence-electron chi connectivity index (χ0n) is 14.0. The fourth-order valence-electron chi connectivity index (χ4n) is 2.03. The lowest BCUT2D eigenvalue weighted by molar-refractivity contribution is -0.128. The minimum atomic E-state index is -3.72. The molecule has 2 amide bonds. The maximum absolute atomic E-state index is 12.8. The smallest absolute Gasteiger partial charge is 0.242 e. The molecule has 7 nitrogen and oxygen atoms in total. The van der Waals surface area contributed by atoms with Crippen molar-refractivity contribution >= 4 is 37.8 Å². The van der Waals surface area contributed by atoms with Crippen molar-refractivity contribution in [3.05, 3.63) is 64.4 Å². The van der Waals surface area contributed by atoms with E-state index in [1.807, 2.05) is 0 Å². The van der Waals surface area contributed by atoms with Crippen molar-refractivity contribution in [3.8, 4) is 0 Å². The van der Waals surface area contributed by atoms with E-state index in [1.165, 1.54) is 36.4 Å². The first-order valence-corrected chi connectivity index (χ1v) is 10.1. The van der Waals surface area contributed by atoms with Gasteiger partial charge in [0.2, 0.25) is 21.8 Å². The highest BCUT2D eigenvalue weighted by atomic mass is 79.9. The summed E-state index contributed by atoms with van der Waals surface area (Å²) in [5.74, 6) is -1.44. The summed E-state index contributed by atoms with van der Waals surface area (Å²) < 4.78 is 40.0. The van der Waals surface area contributed by atoms with Crippen molar-refractivity contribution in [3.63, 3.8) is 0 Å². The quantitative estimate of drug-likeness (QED) is 0.549. The number of hydrazine groups is 1. The number of halogens is 2. The monoisotopic (exact) mass is 457 g/mol. The molecule has 0 aliphatic heterocycles. The second-order valence-corrected chi connectivity index (χ2v) is 8.18.